The molecule has 1 N–H and O–H groups in total. The zero-order valence-corrected chi connectivity index (χ0v) is 12.1. The highest BCUT2D eigenvalue weighted by molar-refractivity contribution is 6.30. The first-order chi connectivity index (χ1) is 9.06. The van der Waals surface area contributed by atoms with Crippen molar-refractivity contribution in [3.05, 3.63) is 46.6 Å². The molecule has 102 valence electrons. The van der Waals surface area contributed by atoms with Gasteiger partial charge in [0.25, 0.3) is 0 Å². The number of nitrogens with one attached hydrogen (secondary N) is 1. The summed E-state index contributed by atoms with van der Waals surface area (Å²) in [4.78, 5) is 4.33. The van der Waals surface area contributed by atoms with Crippen molar-refractivity contribution in [1.29, 1.82) is 0 Å². The molecular weight excluding hydrogens is 262 g/mol. The molecule has 4 nitrogen and oxygen atoms in total. The highest BCUT2D eigenvalue weighted by atomic mass is 35.5. The van der Waals surface area contributed by atoms with E-state index in [1.807, 2.05) is 38.1 Å². The minimum Gasteiger partial charge on any atom is -0.338 e. The third kappa shape index (κ3) is 3.78. The molecule has 1 atom stereocenters. The van der Waals surface area contributed by atoms with Gasteiger partial charge in [-0.1, -0.05) is 42.7 Å². The molecule has 0 aliphatic carbocycles. The molecule has 5 heteroatoms. The molecule has 0 radical (unpaired) electrons. The molecule has 1 aromatic heterocycles. The van der Waals surface area contributed by atoms with Gasteiger partial charge in [-0.3, -0.25) is 0 Å². The third-order valence-corrected chi connectivity index (χ3v) is 3.18. The van der Waals surface area contributed by atoms with Crippen LogP contribution < -0.4 is 5.32 Å². The van der Waals surface area contributed by atoms with Crippen molar-refractivity contribution in [3.63, 3.8) is 0 Å². The number of hydrogen-bond acceptors (Lipinski definition) is 4. The summed E-state index contributed by atoms with van der Waals surface area (Å²) in [5.74, 6) is 1.65. The predicted molar refractivity (Wildman–Crippen MR) is 75.1 cm³/mol. The molecule has 0 bridgehead atoms. The number of aromatic nitrogens is 2. The van der Waals surface area contributed by atoms with Gasteiger partial charge >= 0.3 is 0 Å². The van der Waals surface area contributed by atoms with Crippen LogP contribution in [0, 0.1) is 0 Å². The van der Waals surface area contributed by atoms with E-state index in [4.69, 9.17) is 16.1 Å². The second-order valence-corrected chi connectivity index (χ2v) is 5.29. The maximum atomic E-state index is 5.87. The van der Waals surface area contributed by atoms with Crippen LogP contribution in [0.4, 0.5) is 0 Å². The van der Waals surface area contributed by atoms with Crippen LogP contribution in [0.3, 0.4) is 0 Å². The van der Waals surface area contributed by atoms with E-state index in [1.165, 1.54) is 5.56 Å². The Kier molecular flexibility index (Phi) is 4.56. The van der Waals surface area contributed by atoms with Crippen LogP contribution >= 0.6 is 11.6 Å². The van der Waals surface area contributed by atoms with Gasteiger partial charge in [0.15, 0.2) is 5.82 Å². The molecule has 2 rings (SSSR count). The minimum absolute atomic E-state index is 0.201. The normalized spacial score (nSPS) is 12.9. The lowest BCUT2D eigenvalue weighted by Gasteiger charge is -2.12. The number of rotatable bonds is 5. The van der Waals surface area contributed by atoms with Crippen LogP contribution in [0.25, 0.3) is 0 Å². The summed E-state index contributed by atoms with van der Waals surface area (Å²) in [5.41, 5.74) is 1.17. The van der Waals surface area contributed by atoms with Crippen molar-refractivity contribution >= 4 is 11.6 Å². The van der Waals surface area contributed by atoms with Crippen molar-refractivity contribution in [1.82, 2.24) is 15.5 Å². The van der Waals surface area contributed by atoms with Crippen molar-refractivity contribution < 1.29 is 4.52 Å². The maximum absolute atomic E-state index is 5.87. The van der Waals surface area contributed by atoms with Gasteiger partial charge in [-0.15, -0.1) is 0 Å². The summed E-state index contributed by atoms with van der Waals surface area (Å²) in [6.07, 6.45) is 0. The fourth-order valence-corrected chi connectivity index (χ4v) is 1.81. The van der Waals surface area contributed by atoms with Gasteiger partial charge in [-0.05, 0) is 24.6 Å². The molecule has 0 saturated heterocycles. The second-order valence-electron chi connectivity index (χ2n) is 4.86. The van der Waals surface area contributed by atoms with E-state index in [1.54, 1.807) is 0 Å². The smallest absolute Gasteiger partial charge is 0.240 e. The van der Waals surface area contributed by atoms with E-state index in [0.717, 1.165) is 10.8 Å². The van der Waals surface area contributed by atoms with E-state index < -0.39 is 0 Å². The van der Waals surface area contributed by atoms with E-state index >= 15 is 0 Å². The van der Waals surface area contributed by atoms with Crippen LogP contribution in [0.5, 0.6) is 0 Å². The van der Waals surface area contributed by atoms with E-state index in [-0.39, 0.29) is 12.0 Å². The van der Waals surface area contributed by atoms with Gasteiger partial charge in [0.2, 0.25) is 5.89 Å². The molecule has 2 aromatic rings. The summed E-state index contributed by atoms with van der Waals surface area (Å²) < 4.78 is 5.19. The van der Waals surface area contributed by atoms with Crippen molar-refractivity contribution in [3.8, 4) is 0 Å². The van der Waals surface area contributed by atoms with Crippen LogP contribution in [0.2, 0.25) is 5.02 Å². The van der Waals surface area contributed by atoms with Crippen LogP contribution in [0.1, 0.15) is 50.0 Å². The molecular formula is C14H18ClN3O. The summed E-state index contributed by atoms with van der Waals surface area (Å²) in [6, 6.07) is 7.99. The predicted octanol–water partition coefficient (Wildman–Crippen LogP) is 3.70. The summed E-state index contributed by atoms with van der Waals surface area (Å²) in [6.45, 7) is 6.73. The largest absolute Gasteiger partial charge is 0.338 e. The lowest BCUT2D eigenvalue weighted by Crippen LogP contribution is -2.18. The van der Waals surface area contributed by atoms with E-state index in [2.05, 4.69) is 22.4 Å². The highest BCUT2D eigenvalue weighted by Crippen LogP contribution is 2.16. The van der Waals surface area contributed by atoms with Crippen molar-refractivity contribution in [2.75, 3.05) is 0 Å². The van der Waals surface area contributed by atoms with E-state index in [0.29, 0.717) is 12.4 Å². The Balaban J connectivity index is 1.92. The van der Waals surface area contributed by atoms with Gasteiger partial charge in [0.1, 0.15) is 0 Å². The first kappa shape index (κ1) is 14.0. The molecule has 0 fully saturated rings. The fourth-order valence-electron chi connectivity index (χ4n) is 1.68. The lowest BCUT2D eigenvalue weighted by molar-refractivity contribution is 0.355. The zero-order valence-electron chi connectivity index (χ0n) is 11.4. The summed E-state index contributed by atoms with van der Waals surface area (Å²) in [7, 11) is 0. The molecule has 0 aliphatic heterocycles. The van der Waals surface area contributed by atoms with Crippen LogP contribution in [-0.2, 0) is 6.54 Å². The quantitative estimate of drug-likeness (QED) is 0.907. The molecule has 0 unspecified atom stereocenters. The highest BCUT2D eigenvalue weighted by Gasteiger charge is 2.11. The average molecular weight is 280 g/mol. The van der Waals surface area contributed by atoms with Crippen molar-refractivity contribution in [2.24, 2.45) is 0 Å². The first-order valence-corrected chi connectivity index (χ1v) is 6.75. The molecule has 0 saturated carbocycles. The minimum atomic E-state index is 0.201. The Bertz CT molecular complexity index is 522. The van der Waals surface area contributed by atoms with Gasteiger partial charge in [0, 0.05) is 17.0 Å². The molecule has 0 amide bonds. The Morgan fingerprint density at radius 2 is 1.89 bits per heavy atom. The fraction of sp³-hybridized carbons (Fsp3) is 0.429. The molecule has 0 aliphatic rings. The Hall–Kier alpha value is -1.39. The Labute approximate surface area is 118 Å². The monoisotopic (exact) mass is 279 g/mol. The standard InChI is InChI=1S/C14H18ClN3O/c1-9(2)14-17-13(19-18-14)8-16-10(3)11-4-6-12(15)7-5-11/h4-7,9-10,16H,8H2,1-3H3/t10-/m1/s1. The number of halogens is 1. The zero-order chi connectivity index (χ0) is 13.8. The average Bonchev–Trinajstić information content (AvgIpc) is 2.86. The SMILES string of the molecule is CC(C)c1noc(CN[C@H](C)c2ccc(Cl)cc2)n1. The van der Waals surface area contributed by atoms with E-state index in [9.17, 15) is 0 Å². The second kappa shape index (κ2) is 6.17. The Morgan fingerprint density at radius 1 is 1.21 bits per heavy atom. The lowest BCUT2D eigenvalue weighted by atomic mass is 10.1. The van der Waals surface area contributed by atoms with Crippen molar-refractivity contribution in [2.45, 2.75) is 39.3 Å². The summed E-state index contributed by atoms with van der Waals surface area (Å²) >= 11 is 5.87. The number of hydrogen-bond donors (Lipinski definition) is 1. The number of nitrogens with zero attached hydrogens (tertiary/aromatic N) is 2. The maximum Gasteiger partial charge on any atom is 0.240 e. The molecule has 19 heavy (non-hydrogen) atoms. The molecule has 0 spiro atoms. The topological polar surface area (TPSA) is 51.0 Å². The van der Waals surface area contributed by atoms with Gasteiger partial charge < -0.3 is 9.84 Å². The molecule has 1 heterocycles. The molecule has 1 aromatic carbocycles. The van der Waals surface area contributed by atoms with Gasteiger partial charge in [0.05, 0.1) is 6.54 Å². The van der Waals surface area contributed by atoms with Crippen LogP contribution in [-0.4, -0.2) is 10.1 Å². The Morgan fingerprint density at radius 3 is 2.47 bits per heavy atom. The number of benzene rings is 1. The van der Waals surface area contributed by atoms with Gasteiger partial charge in [-0.2, -0.15) is 4.98 Å². The van der Waals surface area contributed by atoms with Gasteiger partial charge in [-0.25, -0.2) is 0 Å². The summed E-state index contributed by atoms with van der Waals surface area (Å²) in [5, 5.41) is 8.03. The van der Waals surface area contributed by atoms with Crippen LogP contribution in [0.15, 0.2) is 28.8 Å². The third-order valence-electron chi connectivity index (χ3n) is 2.93. The first-order valence-electron chi connectivity index (χ1n) is 6.37.